The maximum absolute atomic E-state index is 12.9. The van der Waals surface area contributed by atoms with Gasteiger partial charge in [-0.1, -0.05) is 182 Å². The van der Waals surface area contributed by atoms with Crippen LogP contribution in [0.2, 0.25) is 0 Å². The maximum Gasteiger partial charge on any atom is 1.00 e. The SMILES string of the molecule is F[C](F)C#C[Si](c1ccccc1)(c1ccccc1)c1ccccc1.F[C](F)C#C[Si](c1ccccc1)(c1ccccc1)c1ccccc1.[Br-].[In+]. The van der Waals surface area contributed by atoms with Crippen LogP contribution in [0.1, 0.15) is 0 Å². The summed E-state index contributed by atoms with van der Waals surface area (Å²) in [6.45, 7) is 0. The molecule has 8 heteroatoms. The van der Waals surface area contributed by atoms with Gasteiger partial charge in [0, 0.05) is 0 Å². The molecule has 6 rings (SSSR count). The summed E-state index contributed by atoms with van der Waals surface area (Å²) in [4.78, 5) is 0. The molecule has 244 valence electrons. The van der Waals surface area contributed by atoms with Crippen molar-refractivity contribution in [3.8, 4) is 22.9 Å². The Hall–Kier alpha value is -4.06. The van der Waals surface area contributed by atoms with Crippen LogP contribution in [0, 0.1) is 35.8 Å². The molecule has 0 unspecified atom stereocenters. The van der Waals surface area contributed by atoms with Gasteiger partial charge in [0.1, 0.15) is 0 Å². The Labute approximate surface area is 323 Å². The van der Waals surface area contributed by atoms with Crippen LogP contribution in [0.25, 0.3) is 0 Å². The topological polar surface area (TPSA) is 0 Å². The zero-order chi connectivity index (χ0) is 33.7. The second-order valence-corrected chi connectivity index (χ2v) is 17.7. The van der Waals surface area contributed by atoms with Crippen molar-refractivity contribution in [2.75, 3.05) is 0 Å². The molecule has 0 aliphatic heterocycles. The molecule has 6 aromatic rings. The van der Waals surface area contributed by atoms with Crippen molar-refractivity contribution in [2.45, 2.75) is 0 Å². The van der Waals surface area contributed by atoms with E-state index in [1.54, 1.807) is 0 Å². The van der Waals surface area contributed by atoms with Gasteiger partial charge in [0.05, 0.1) is 0 Å². The van der Waals surface area contributed by atoms with Gasteiger partial charge in [-0.05, 0) is 43.0 Å². The molecule has 0 spiro atoms. The van der Waals surface area contributed by atoms with Crippen molar-refractivity contribution in [3.05, 3.63) is 195 Å². The average molecular weight is 862 g/mol. The minimum Gasteiger partial charge on any atom is -1.00 e. The number of rotatable bonds is 6. The van der Waals surface area contributed by atoms with E-state index < -0.39 is 29.0 Å². The van der Waals surface area contributed by atoms with E-state index in [-0.39, 0.29) is 42.8 Å². The van der Waals surface area contributed by atoms with Crippen molar-refractivity contribution in [1.82, 2.24) is 0 Å². The molecule has 0 aromatic heterocycles. The largest absolute Gasteiger partial charge is 1.00 e. The second-order valence-electron chi connectivity index (χ2n) is 10.7. The Balaban J connectivity index is 0.000000260. The van der Waals surface area contributed by atoms with Gasteiger partial charge in [0.15, 0.2) is 0 Å². The van der Waals surface area contributed by atoms with Crippen LogP contribution in [0.4, 0.5) is 17.6 Å². The standard InChI is InChI=1S/2C21H15F2Si.BrH.In/c2*22-21(23)16-17-24(18-10-4-1-5-11-18,19-12-6-2-7-13-19)20-14-8-3-9-15-20;;/h2*1-15H;1H;/q;;;+1/p-1. The normalized spacial score (nSPS) is 10.5. The van der Waals surface area contributed by atoms with Crippen molar-refractivity contribution < 1.29 is 34.5 Å². The predicted molar refractivity (Wildman–Crippen MR) is 200 cm³/mol. The van der Waals surface area contributed by atoms with Gasteiger partial charge in [-0.3, -0.25) is 0 Å². The Morgan fingerprint density at radius 1 is 0.320 bits per heavy atom. The minimum absolute atomic E-state index is 0. The summed E-state index contributed by atoms with van der Waals surface area (Å²) >= 11 is 0. The van der Waals surface area contributed by atoms with Crippen LogP contribution in [0.3, 0.4) is 0 Å². The number of benzene rings is 6. The molecule has 0 amide bonds. The summed E-state index contributed by atoms with van der Waals surface area (Å²) in [5, 5.41) is 5.98. The number of halogens is 5. The average Bonchev–Trinajstić information content (AvgIpc) is 3.15. The van der Waals surface area contributed by atoms with Gasteiger partial charge in [-0.2, -0.15) is 17.6 Å². The van der Waals surface area contributed by atoms with Gasteiger partial charge < -0.3 is 17.0 Å². The Morgan fingerprint density at radius 3 is 0.620 bits per heavy atom. The molecule has 50 heavy (non-hydrogen) atoms. The molecule has 0 saturated carbocycles. The first-order valence-corrected chi connectivity index (χ1v) is 19.2. The van der Waals surface area contributed by atoms with Crippen molar-refractivity contribution in [3.63, 3.8) is 0 Å². The van der Waals surface area contributed by atoms with Crippen molar-refractivity contribution >= 4 is 73.1 Å². The molecule has 0 bridgehead atoms. The number of hydrogen-bond acceptors (Lipinski definition) is 0. The summed E-state index contributed by atoms with van der Waals surface area (Å²) in [5.74, 6) is 4.15. The molecule has 0 N–H and O–H groups in total. The van der Waals surface area contributed by atoms with E-state index in [2.05, 4.69) is 22.9 Å². The Morgan fingerprint density at radius 2 is 0.480 bits per heavy atom. The molecule has 0 aliphatic rings. The second kappa shape index (κ2) is 20.0. The first kappa shape index (κ1) is 40.4. The van der Waals surface area contributed by atoms with Crippen LogP contribution in [-0.2, 0) is 0 Å². The van der Waals surface area contributed by atoms with Gasteiger partial charge in [0.25, 0.3) is 0 Å². The molecular formula is C42H30BrF4InSi2. The molecule has 0 nitrogen and oxygen atoms in total. The third-order valence-electron chi connectivity index (χ3n) is 7.93. The fourth-order valence-electron chi connectivity index (χ4n) is 5.84. The van der Waals surface area contributed by atoms with Crippen LogP contribution in [-0.4, -0.2) is 42.0 Å². The third kappa shape index (κ3) is 9.59. The molecule has 0 heterocycles. The molecule has 0 aliphatic carbocycles. The fraction of sp³-hybridized carbons (Fsp3) is 0. The summed E-state index contributed by atoms with van der Waals surface area (Å²) in [5.41, 5.74) is 5.97. The molecule has 0 atom stereocenters. The van der Waals surface area contributed by atoms with E-state index in [0.29, 0.717) is 0 Å². The van der Waals surface area contributed by atoms with Crippen molar-refractivity contribution in [2.24, 2.45) is 0 Å². The fourth-order valence-corrected chi connectivity index (χ4v) is 13.4. The van der Waals surface area contributed by atoms with Crippen LogP contribution in [0.5, 0.6) is 0 Å². The molecular weight excluding hydrogens is 831 g/mol. The van der Waals surface area contributed by atoms with Crippen LogP contribution in [0.15, 0.2) is 182 Å². The van der Waals surface area contributed by atoms with Crippen LogP contribution < -0.4 is 48.1 Å². The minimum atomic E-state index is -2.85. The molecule has 0 saturated heterocycles. The van der Waals surface area contributed by atoms with E-state index in [0.717, 1.165) is 31.1 Å². The Bertz CT molecular complexity index is 1640. The van der Waals surface area contributed by atoms with E-state index in [1.165, 1.54) is 0 Å². The first-order chi connectivity index (χ1) is 23.5. The first-order valence-electron chi connectivity index (χ1n) is 15.2. The zero-order valence-corrected chi connectivity index (χ0v) is 33.7. The summed E-state index contributed by atoms with van der Waals surface area (Å²) in [6.07, 6.45) is -3.70. The monoisotopic (exact) mass is 860 g/mol. The number of hydrogen-bond donors (Lipinski definition) is 0. The maximum atomic E-state index is 12.9. The molecule has 6 aromatic carbocycles. The van der Waals surface area contributed by atoms with Gasteiger partial charge in [0.2, 0.25) is 16.1 Å². The van der Waals surface area contributed by atoms with Gasteiger partial charge in [-0.25, -0.2) is 0 Å². The van der Waals surface area contributed by atoms with Crippen molar-refractivity contribution in [1.29, 1.82) is 0 Å². The van der Waals surface area contributed by atoms with Gasteiger partial charge in [-0.15, -0.1) is 11.1 Å². The van der Waals surface area contributed by atoms with E-state index in [9.17, 15) is 17.6 Å². The third-order valence-corrected chi connectivity index (χ3v) is 16.1. The van der Waals surface area contributed by atoms with E-state index >= 15 is 0 Å². The zero-order valence-electron chi connectivity index (χ0n) is 26.8. The van der Waals surface area contributed by atoms with Gasteiger partial charge >= 0.3 is 38.7 Å². The van der Waals surface area contributed by atoms with Crippen LogP contribution >= 0.6 is 0 Å². The molecule has 0 fully saturated rings. The summed E-state index contributed by atoms with van der Waals surface area (Å²) < 4.78 is 51.5. The van der Waals surface area contributed by atoms with E-state index in [4.69, 9.17) is 0 Å². The Kier molecular flexibility index (Phi) is 16.1. The quantitative estimate of drug-likeness (QED) is 0.105. The molecule has 4 radical (unpaired) electrons. The summed E-state index contributed by atoms with van der Waals surface area (Å²) in [6, 6.07) is 58.5. The smallest absolute Gasteiger partial charge is 1.00 e. The summed E-state index contributed by atoms with van der Waals surface area (Å²) in [7, 11) is -5.70. The predicted octanol–water partition coefficient (Wildman–Crippen LogP) is 2.88. The van der Waals surface area contributed by atoms with E-state index in [1.807, 2.05) is 182 Å².